The Hall–Kier alpha value is -1.76. The molecule has 0 aliphatic heterocycles. The normalized spacial score (nSPS) is 14.6. The molecule has 0 heterocycles. The number of carbonyl (C=O) groups excluding carboxylic acids is 1. The molecule has 0 aromatic heterocycles. The Labute approximate surface area is 107 Å². The molecule has 1 atom stereocenters. The van der Waals surface area contributed by atoms with Crippen LogP contribution in [0, 0.1) is 0 Å². The Morgan fingerprint density at radius 3 is 2.47 bits per heavy atom. The van der Waals surface area contributed by atoms with E-state index in [0.29, 0.717) is 0 Å². The summed E-state index contributed by atoms with van der Waals surface area (Å²) in [6.45, 7) is 1.07. The standard InChI is InChI=1S/C12H13F3O4/c1-3-19-10(16)11(17,12(13,14)15)8-5-4-6-9(7-8)18-2/h4-7,17H,3H2,1-2H3. The molecule has 0 radical (unpaired) electrons. The molecule has 1 N–H and O–H groups in total. The summed E-state index contributed by atoms with van der Waals surface area (Å²) in [6.07, 6.45) is -5.20. The number of hydrogen-bond donors (Lipinski definition) is 1. The van der Waals surface area contributed by atoms with Crippen molar-refractivity contribution in [3.8, 4) is 5.75 Å². The number of benzene rings is 1. The van der Waals surface area contributed by atoms with Crippen LogP contribution in [0.1, 0.15) is 12.5 Å². The van der Waals surface area contributed by atoms with Crippen molar-refractivity contribution in [2.45, 2.75) is 18.7 Å². The first kappa shape index (κ1) is 15.3. The number of hydrogen-bond acceptors (Lipinski definition) is 4. The van der Waals surface area contributed by atoms with Crippen LogP contribution in [0.15, 0.2) is 24.3 Å². The second-order valence-corrected chi connectivity index (χ2v) is 3.66. The fourth-order valence-corrected chi connectivity index (χ4v) is 1.48. The van der Waals surface area contributed by atoms with E-state index in [1.165, 1.54) is 26.2 Å². The first-order chi connectivity index (χ1) is 8.77. The molecule has 1 aromatic carbocycles. The molecule has 4 nitrogen and oxygen atoms in total. The molecule has 1 unspecified atom stereocenters. The van der Waals surface area contributed by atoms with Gasteiger partial charge in [-0.25, -0.2) is 4.79 Å². The fraction of sp³-hybridized carbons (Fsp3) is 0.417. The van der Waals surface area contributed by atoms with E-state index in [0.717, 1.165) is 12.1 Å². The maximum absolute atomic E-state index is 13.0. The number of halogens is 3. The number of rotatable bonds is 4. The van der Waals surface area contributed by atoms with E-state index < -0.39 is 23.3 Å². The van der Waals surface area contributed by atoms with E-state index in [1.807, 2.05) is 0 Å². The van der Waals surface area contributed by atoms with Crippen molar-refractivity contribution in [2.75, 3.05) is 13.7 Å². The molecule has 0 bridgehead atoms. The van der Waals surface area contributed by atoms with Gasteiger partial charge in [0.05, 0.1) is 13.7 Å². The van der Waals surface area contributed by atoms with Gasteiger partial charge in [0.1, 0.15) is 5.75 Å². The number of ether oxygens (including phenoxy) is 2. The van der Waals surface area contributed by atoms with Crippen LogP contribution in [0.5, 0.6) is 5.75 Å². The van der Waals surface area contributed by atoms with Crippen molar-refractivity contribution in [3.05, 3.63) is 29.8 Å². The van der Waals surface area contributed by atoms with Gasteiger partial charge in [-0.05, 0) is 19.1 Å². The minimum atomic E-state index is -5.20. The van der Waals surface area contributed by atoms with E-state index in [1.54, 1.807) is 0 Å². The Kier molecular flexibility index (Phi) is 4.41. The molecule has 0 amide bonds. The second kappa shape index (κ2) is 5.48. The van der Waals surface area contributed by atoms with Gasteiger partial charge >= 0.3 is 12.1 Å². The predicted octanol–water partition coefficient (Wildman–Crippen LogP) is 2.01. The first-order valence-corrected chi connectivity index (χ1v) is 5.38. The van der Waals surface area contributed by atoms with Crippen molar-refractivity contribution in [2.24, 2.45) is 0 Å². The van der Waals surface area contributed by atoms with Crippen molar-refractivity contribution < 1.29 is 32.5 Å². The third-order valence-corrected chi connectivity index (χ3v) is 2.47. The molecule has 0 saturated heterocycles. The van der Waals surface area contributed by atoms with Crippen molar-refractivity contribution in [3.63, 3.8) is 0 Å². The molecule has 19 heavy (non-hydrogen) atoms. The highest BCUT2D eigenvalue weighted by Crippen LogP contribution is 2.40. The minimum Gasteiger partial charge on any atom is -0.497 e. The van der Waals surface area contributed by atoms with E-state index >= 15 is 0 Å². The van der Waals surface area contributed by atoms with E-state index in [-0.39, 0.29) is 12.4 Å². The van der Waals surface area contributed by atoms with Crippen LogP contribution in [0.3, 0.4) is 0 Å². The van der Waals surface area contributed by atoms with Crippen molar-refractivity contribution in [1.29, 1.82) is 0 Å². The molecule has 0 spiro atoms. The van der Waals surface area contributed by atoms with Gasteiger partial charge in [-0.3, -0.25) is 0 Å². The second-order valence-electron chi connectivity index (χ2n) is 3.66. The lowest BCUT2D eigenvalue weighted by Gasteiger charge is -2.28. The average molecular weight is 278 g/mol. The van der Waals surface area contributed by atoms with Crippen LogP contribution < -0.4 is 4.74 Å². The summed E-state index contributed by atoms with van der Waals surface area (Å²) in [7, 11) is 1.26. The SMILES string of the molecule is CCOC(=O)C(O)(c1cccc(OC)c1)C(F)(F)F. The summed E-state index contributed by atoms with van der Waals surface area (Å²) in [5.41, 5.74) is -4.37. The van der Waals surface area contributed by atoms with Gasteiger partial charge in [-0.15, -0.1) is 0 Å². The highest BCUT2D eigenvalue weighted by molar-refractivity contribution is 5.82. The summed E-state index contributed by atoms with van der Waals surface area (Å²) < 4.78 is 48.1. The lowest BCUT2D eigenvalue weighted by atomic mass is 9.93. The van der Waals surface area contributed by atoms with Crippen molar-refractivity contribution >= 4 is 5.97 Å². The number of esters is 1. The number of aliphatic hydroxyl groups is 1. The third-order valence-electron chi connectivity index (χ3n) is 2.47. The van der Waals surface area contributed by atoms with Gasteiger partial charge in [0.25, 0.3) is 5.60 Å². The summed E-state index contributed by atoms with van der Waals surface area (Å²) in [5.74, 6) is -1.68. The number of methoxy groups -OCH3 is 1. The summed E-state index contributed by atoms with van der Waals surface area (Å²) in [5, 5.41) is 9.78. The maximum atomic E-state index is 13.0. The molecule has 7 heteroatoms. The quantitative estimate of drug-likeness (QED) is 0.856. The lowest BCUT2D eigenvalue weighted by molar-refractivity contribution is -0.267. The van der Waals surface area contributed by atoms with Gasteiger partial charge in [-0.2, -0.15) is 13.2 Å². The zero-order chi connectivity index (χ0) is 14.7. The maximum Gasteiger partial charge on any atom is 0.432 e. The van der Waals surface area contributed by atoms with Gasteiger partial charge in [0.2, 0.25) is 0 Å². The molecule has 0 aliphatic rings. The Bertz CT molecular complexity index is 459. The zero-order valence-corrected chi connectivity index (χ0v) is 10.3. The van der Waals surface area contributed by atoms with E-state index in [2.05, 4.69) is 4.74 Å². The summed E-state index contributed by atoms with van der Waals surface area (Å²) >= 11 is 0. The molecule has 0 fully saturated rings. The molecule has 1 aromatic rings. The first-order valence-electron chi connectivity index (χ1n) is 5.38. The van der Waals surface area contributed by atoms with E-state index in [4.69, 9.17) is 4.74 Å². The average Bonchev–Trinajstić information content (AvgIpc) is 2.36. The Balaban J connectivity index is 3.35. The largest absolute Gasteiger partial charge is 0.497 e. The van der Waals surface area contributed by atoms with Crippen LogP contribution in [0.4, 0.5) is 13.2 Å². The molecule has 1 rings (SSSR count). The van der Waals surface area contributed by atoms with Crippen LogP contribution in [0.2, 0.25) is 0 Å². The Morgan fingerprint density at radius 1 is 1.37 bits per heavy atom. The lowest BCUT2D eigenvalue weighted by Crippen LogP contribution is -2.50. The van der Waals surface area contributed by atoms with Crippen LogP contribution >= 0.6 is 0 Å². The monoisotopic (exact) mass is 278 g/mol. The Morgan fingerprint density at radius 2 is 2.00 bits per heavy atom. The summed E-state index contributed by atoms with van der Waals surface area (Å²) in [4.78, 5) is 11.5. The van der Waals surface area contributed by atoms with E-state index in [9.17, 15) is 23.1 Å². The minimum absolute atomic E-state index is 0.0875. The number of alkyl halides is 3. The third kappa shape index (κ3) is 2.81. The number of carbonyl (C=O) groups is 1. The highest BCUT2D eigenvalue weighted by atomic mass is 19.4. The molecule has 0 saturated carbocycles. The smallest absolute Gasteiger partial charge is 0.432 e. The molecule has 0 aliphatic carbocycles. The fourth-order valence-electron chi connectivity index (χ4n) is 1.48. The predicted molar refractivity (Wildman–Crippen MR) is 59.6 cm³/mol. The van der Waals surface area contributed by atoms with Crippen LogP contribution in [-0.2, 0) is 15.1 Å². The van der Waals surface area contributed by atoms with Gasteiger partial charge in [0, 0.05) is 5.56 Å². The van der Waals surface area contributed by atoms with Crippen molar-refractivity contribution in [1.82, 2.24) is 0 Å². The summed E-state index contributed by atoms with van der Waals surface area (Å²) in [6, 6.07) is 4.55. The topological polar surface area (TPSA) is 55.8 Å². The van der Waals surface area contributed by atoms with Crippen LogP contribution in [0.25, 0.3) is 0 Å². The van der Waals surface area contributed by atoms with Gasteiger partial charge in [0.15, 0.2) is 0 Å². The zero-order valence-electron chi connectivity index (χ0n) is 10.3. The van der Waals surface area contributed by atoms with Gasteiger partial charge in [-0.1, -0.05) is 12.1 Å². The van der Waals surface area contributed by atoms with Gasteiger partial charge < -0.3 is 14.6 Å². The van der Waals surface area contributed by atoms with Crippen LogP contribution in [-0.4, -0.2) is 31.0 Å². The molecule has 106 valence electrons. The highest BCUT2D eigenvalue weighted by Gasteiger charge is 2.62. The molecular formula is C12H13F3O4. The molecular weight excluding hydrogens is 265 g/mol.